The van der Waals surface area contributed by atoms with Gasteiger partial charge in [0.15, 0.2) is 11.6 Å². The van der Waals surface area contributed by atoms with Crippen LogP contribution in [0, 0.1) is 5.82 Å². The van der Waals surface area contributed by atoms with Crippen molar-refractivity contribution in [2.75, 3.05) is 49.4 Å². The summed E-state index contributed by atoms with van der Waals surface area (Å²) in [4.78, 5) is 18.5. The molecule has 1 aromatic heterocycles. The zero-order valence-corrected chi connectivity index (χ0v) is 20.0. The molecule has 4 rings (SSSR count). The summed E-state index contributed by atoms with van der Waals surface area (Å²) in [5.74, 6) is 1.49. The Balaban J connectivity index is 1.71. The van der Waals surface area contributed by atoms with Gasteiger partial charge in [0.1, 0.15) is 0 Å². The van der Waals surface area contributed by atoms with E-state index in [-0.39, 0.29) is 5.75 Å². The van der Waals surface area contributed by atoms with E-state index in [9.17, 15) is 4.39 Å². The van der Waals surface area contributed by atoms with Crippen LogP contribution in [-0.2, 0) is 0 Å². The zero-order chi connectivity index (χ0) is 23.2. The number of hydrogen-bond acceptors (Lipinski definition) is 8. The molecular formula is C24H36FN7O. The molecule has 2 fully saturated rings. The van der Waals surface area contributed by atoms with E-state index < -0.39 is 5.82 Å². The number of halogens is 1. The Bertz CT molecular complexity index is 914. The van der Waals surface area contributed by atoms with Crippen molar-refractivity contribution in [3.63, 3.8) is 0 Å². The molecule has 33 heavy (non-hydrogen) atoms. The van der Waals surface area contributed by atoms with Gasteiger partial charge >= 0.3 is 0 Å². The van der Waals surface area contributed by atoms with E-state index in [4.69, 9.17) is 14.7 Å². The van der Waals surface area contributed by atoms with Gasteiger partial charge < -0.3 is 25.2 Å². The molecule has 2 heterocycles. The predicted molar refractivity (Wildman–Crippen MR) is 130 cm³/mol. The second kappa shape index (κ2) is 11.0. The third-order valence-electron chi connectivity index (χ3n) is 6.77. The molecule has 180 valence electrons. The Labute approximate surface area is 196 Å². The van der Waals surface area contributed by atoms with E-state index >= 15 is 0 Å². The molecular weight excluding hydrogens is 421 g/mol. The van der Waals surface area contributed by atoms with Crippen molar-refractivity contribution in [1.29, 1.82) is 0 Å². The van der Waals surface area contributed by atoms with Gasteiger partial charge in [0, 0.05) is 44.5 Å². The first-order valence-corrected chi connectivity index (χ1v) is 12.1. The van der Waals surface area contributed by atoms with Crippen LogP contribution in [0.3, 0.4) is 0 Å². The van der Waals surface area contributed by atoms with E-state index in [0.29, 0.717) is 35.6 Å². The largest absolute Gasteiger partial charge is 0.494 e. The van der Waals surface area contributed by atoms with E-state index in [0.717, 1.165) is 38.8 Å². The molecule has 1 saturated heterocycles. The van der Waals surface area contributed by atoms with Gasteiger partial charge in [0.25, 0.3) is 0 Å². The zero-order valence-electron chi connectivity index (χ0n) is 20.0. The van der Waals surface area contributed by atoms with Gasteiger partial charge in [-0.1, -0.05) is 25.7 Å². The monoisotopic (exact) mass is 457 g/mol. The molecule has 1 aliphatic carbocycles. The highest BCUT2D eigenvalue weighted by atomic mass is 19.1. The number of aromatic nitrogens is 3. The number of methoxy groups -OCH3 is 1. The number of ether oxygens (including phenoxy) is 1. The minimum Gasteiger partial charge on any atom is -0.494 e. The number of nitrogens with zero attached hydrogens (tertiary/aromatic N) is 5. The molecule has 2 aromatic rings. The summed E-state index contributed by atoms with van der Waals surface area (Å²) in [7, 11) is 5.12. The molecule has 0 spiro atoms. The van der Waals surface area contributed by atoms with Crippen LogP contribution < -0.4 is 25.2 Å². The Morgan fingerprint density at radius 2 is 1.73 bits per heavy atom. The van der Waals surface area contributed by atoms with Crippen LogP contribution in [-0.4, -0.2) is 61.3 Å². The lowest BCUT2D eigenvalue weighted by atomic mass is 10.0. The van der Waals surface area contributed by atoms with Crippen molar-refractivity contribution in [1.82, 2.24) is 20.3 Å². The molecule has 0 amide bonds. The van der Waals surface area contributed by atoms with E-state index in [1.807, 2.05) is 14.1 Å². The molecule has 9 heteroatoms. The SMILES string of the molecule is CNc1nc(N(C)c2ccc(OC)c(F)c2)nc(N(C2CCCCCC2)C2CCCNC2)n1. The first-order chi connectivity index (χ1) is 16.1. The maximum Gasteiger partial charge on any atom is 0.236 e. The fraction of sp³-hybridized carbons (Fsp3) is 0.625. The summed E-state index contributed by atoms with van der Waals surface area (Å²) in [6.45, 7) is 2.00. The molecule has 0 bridgehead atoms. The first kappa shape index (κ1) is 23.5. The summed E-state index contributed by atoms with van der Waals surface area (Å²) >= 11 is 0. The second-order valence-electron chi connectivity index (χ2n) is 8.94. The average molecular weight is 458 g/mol. The number of hydrogen-bond donors (Lipinski definition) is 2. The third kappa shape index (κ3) is 5.46. The number of nitrogens with one attached hydrogen (secondary N) is 2. The van der Waals surface area contributed by atoms with Gasteiger partial charge in [-0.25, -0.2) is 4.39 Å². The van der Waals surface area contributed by atoms with Crippen LogP contribution >= 0.6 is 0 Å². The van der Waals surface area contributed by atoms with Crippen LogP contribution in [0.25, 0.3) is 0 Å². The molecule has 8 nitrogen and oxygen atoms in total. The number of piperidine rings is 1. The topological polar surface area (TPSA) is 78.4 Å². The summed E-state index contributed by atoms with van der Waals surface area (Å²) in [6, 6.07) is 5.63. The third-order valence-corrected chi connectivity index (χ3v) is 6.77. The first-order valence-electron chi connectivity index (χ1n) is 12.1. The lowest BCUT2D eigenvalue weighted by Gasteiger charge is -2.40. The van der Waals surface area contributed by atoms with Crippen molar-refractivity contribution in [3.8, 4) is 5.75 Å². The molecule has 1 atom stereocenters. The minimum absolute atomic E-state index is 0.212. The summed E-state index contributed by atoms with van der Waals surface area (Å²) in [6.07, 6.45) is 9.66. The molecule has 1 unspecified atom stereocenters. The van der Waals surface area contributed by atoms with Crippen LogP contribution in [0.1, 0.15) is 51.4 Å². The molecule has 1 aliphatic heterocycles. The van der Waals surface area contributed by atoms with Crippen molar-refractivity contribution < 1.29 is 9.13 Å². The fourth-order valence-corrected chi connectivity index (χ4v) is 4.94. The second-order valence-corrected chi connectivity index (χ2v) is 8.94. The van der Waals surface area contributed by atoms with Crippen molar-refractivity contribution in [2.24, 2.45) is 0 Å². The smallest absolute Gasteiger partial charge is 0.236 e. The van der Waals surface area contributed by atoms with Gasteiger partial charge in [-0.15, -0.1) is 0 Å². The lowest BCUT2D eigenvalue weighted by molar-refractivity contribution is 0.380. The number of benzene rings is 1. The van der Waals surface area contributed by atoms with E-state index in [1.54, 1.807) is 17.0 Å². The van der Waals surface area contributed by atoms with Crippen molar-refractivity contribution in [2.45, 2.75) is 63.5 Å². The summed E-state index contributed by atoms with van der Waals surface area (Å²) in [5, 5.41) is 6.65. The summed E-state index contributed by atoms with van der Waals surface area (Å²) < 4.78 is 19.4. The van der Waals surface area contributed by atoms with Crippen LogP contribution in [0.2, 0.25) is 0 Å². The maximum absolute atomic E-state index is 14.4. The quantitative estimate of drug-likeness (QED) is 0.602. The normalized spacial score (nSPS) is 19.6. The van der Waals surface area contributed by atoms with Crippen LogP contribution in [0.15, 0.2) is 18.2 Å². The van der Waals surface area contributed by atoms with Gasteiger partial charge in [-0.3, -0.25) is 0 Å². The van der Waals surface area contributed by atoms with Crippen LogP contribution in [0.4, 0.5) is 27.9 Å². The highest BCUT2D eigenvalue weighted by Crippen LogP contribution is 2.32. The molecule has 1 saturated carbocycles. The van der Waals surface area contributed by atoms with Crippen LogP contribution in [0.5, 0.6) is 5.75 Å². The minimum atomic E-state index is -0.418. The van der Waals surface area contributed by atoms with Crippen molar-refractivity contribution >= 4 is 23.5 Å². The van der Waals surface area contributed by atoms with Crippen molar-refractivity contribution in [3.05, 3.63) is 24.0 Å². The highest BCUT2D eigenvalue weighted by Gasteiger charge is 2.31. The molecule has 1 aromatic carbocycles. The molecule has 2 N–H and O–H groups in total. The van der Waals surface area contributed by atoms with Gasteiger partial charge in [-0.2, -0.15) is 15.0 Å². The summed E-state index contributed by atoms with van der Waals surface area (Å²) in [5.41, 5.74) is 0.646. The number of anilines is 4. The van der Waals surface area contributed by atoms with E-state index in [2.05, 4.69) is 20.5 Å². The van der Waals surface area contributed by atoms with Gasteiger partial charge in [0.2, 0.25) is 17.8 Å². The van der Waals surface area contributed by atoms with Gasteiger partial charge in [0.05, 0.1) is 7.11 Å². The highest BCUT2D eigenvalue weighted by molar-refractivity contribution is 5.60. The molecule has 0 radical (unpaired) electrons. The average Bonchev–Trinajstić information content (AvgIpc) is 3.13. The lowest BCUT2D eigenvalue weighted by Crippen LogP contribution is -2.51. The maximum atomic E-state index is 14.4. The Hall–Kier alpha value is -2.68. The molecule has 2 aliphatic rings. The Morgan fingerprint density at radius 3 is 2.36 bits per heavy atom. The van der Waals surface area contributed by atoms with Gasteiger partial charge in [-0.05, 0) is 44.4 Å². The Kier molecular flexibility index (Phi) is 7.80. The fourth-order valence-electron chi connectivity index (χ4n) is 4.94. The standard InChI is InChI=1S/C24H36FN7O/c1-26-22-28-23(31(2)18-12-13-21(33-3)20(25)15-18)30-24(29-22)32(19-11-8-14-27-16-19)17-9-6-4-5-7-10-17/h12-13,15,17,19,27H,4-11,14,16H2,1-3H3,(H,26,28,29,30). The Morgan fingerprint density at radius 1 is 1.00 bits per heavy atom. The van der Waals surface area contributed by atoms with E-state index in [1.165, 1.54) is 38.9 Å². The predicted octanol–water partition coefficient (Wildman–Crippen LogP) is 4.11. The number of rotatable bonds is 7.